The van der Waals surface area contributed by atoms with Crippen LogP contribution in [-0.4, -0.2) is 85.1 Å². The Morgan fingerprint density at radius 3 is 2.33 bits per heavy atom. The quantitative estimate of drug-likeness (QED) is 0.238. The minimum atomic E-state index is -3.76. The smallest absolute Gasteiger partial charge is 0.239 e. The lowest BCUT2D eigenvalue weighted by Crippen LogP contribution is -2.61. The number of thioether (sulfide) groups is 1. The zero-order valence-corrected chi connectivity index (χ0v) is 28.9. The molecule has 1 saturated heterocycles. The number of halogens is 1. The van der Waals surface area contributed by atoms with Crippen LogP contribution in [0.15, 0.2) is 59.5 Å². The molecular weight excluding hydrogens is 628 g/mol. The second-order valence-electron chi connectivity index (χ2n) is 13.8. The first-order valence-electron chi connectivity index (χ1n) is 16.1. The summed E-state index contributed by atoms with van der Waals surface area (Å²) in [5.41, 5.74) is 0.496. The summed E-state index contributed by atoms with van der Waals surface area (Å²) >= 11 is 1.22. The molecular formula is C34H49FN4O5S2. The van der Waals surface area contributed by atoms with Gasteiger partial charge in [0.2, 0.25) is 21.8 Å². The largest absolute Gasteiger partial charge is 0.390 e. The van der Waals surface area contributed by atoms with Gasteiger partial charge in [0.05, 0.1) is 24.4 Å². The van der Waals surface area contributed by atoms with Crippen LogP contribution in [0.2, 0.25) is 0 Å². The molecule has 0 bridgehead atoms. The first kappa shape index (κ1) is 36.3. The number of nitrogens with zero attached hydrogens (tertiary/aromatic N) is 1. The lowest BCUT2D eigenvalue weighted by molar-refractivity contribution is -0.133. The fourth-order valence-corrected chi connectivity index (χ4v) is 8.30. The van der Waals surface area contributed by atoms with Gasteiger partial charge in [-0.15, -0.1) is 11.8 Å². The molecule has 6 atom stereocenters. The third-order valence-corrected chi connectivity index (χ3v) is 10.5. The number of aliphatic hydroxyl groups is 1. The van der Waals surface area contributed by atoms with Crippen molar-refractivity contribution in [1.29, 1.82) is 0 Å². The first-order chi connectivity index (χ1) is 21.7. The van der Waals surface area contributed by atoms with Crippen LogP contribution in [0.3, 0.4) is 0 Å². The molecule has 2 aromatic rings. The number of carbonyl (C=O) groups is 2. The first-order valence-corrected chi connectivity index (χ1v) is 19.0. The number of β-amino-alcohol motifs (C(OH)–C–C–N with tert-alkyl or cyclic N) is 1. The highest BCUT2D eigenvalue weighted by Gasteiger charge is 2.42. The van der Waals surface area contributed by atoms with Gasteiger partial charge in [-0.05, 0) is 81.7 Å². The summed E-state index contributed by atoms with van der Waals surface area (Å²) in [7, 11) is -3.76. The van der Waals surface area contributed by atoms with Crippen molar-refractivity contribution in [2.45, 2.75) is 94.0 Å². The zero-order valence-electron chi connectivity index (χ0n) is 27.2. The molecule has 0 spiro atoms. The SMILES string of the molecule is CC(C)(C)NC(=O)C1CC2CCCCC2CN1CC(O)C(Cc1ccccc1)NC(=O)C(CSc1ccc(F)cc1)NS(C)(=O)=O. The van der Waals surface area contributed by atoms with E-state index in [2.05, 4.69) is 20.3 Å². The molecule has 2 aliphatic rings. The highest BCUT2D eigenvalue weighted by atomic mass is 32.2. The van der Waals surface area contributed by atoms with Crippen molar-refractivity contribution in [1.82, 2.24) is 20.3 Å². The highest BCUT2D eigenvalue weighted by Crippen LogP contribution is 2.39. The van der Waals surface area contributed by atoms with Crippen molar-refractivity contribution in [3.8, 4) is 0 Å². The average Bonchev–Trinajstić information content (AvgIpc) is 2.98. The number of nitrogens with one attached hydrogen (secondary N) is 3. The van der Waals surface area contributed by atoms with Crippen molar-refractivity contribution in [3.05, 3.63) is 66.0 Å². The number of hydrogen-bond acceptors (Lipinski definition) is 7. The van der Waals surface area contributed by atoms with E-state index in [-0.39, 0.29) is 18.2 Å². The fraction of sp³-hybridized carbons (Fsp3) is 0.588. The molecule has 6 unspecified atom stereocenters. The molecule has 9 nitrogen and oxygen atoms in total. The molecule has 12 heteroatoms. The van der Waals surface area contributed by atoms with Crippen molar-refractivity contribution in [3.63, 3.8) is 0 Å². The van der Waals surface area contributed by atoms with Crippen LogP contribution in [0, 0.1) is 17.7 Å². The minimum absolute atomic E-state index is 0.0531. The summed E-state index contributed by atoms with van der Waals surface area (Å²) in [6.07, 6.45) is 5.52. The standard InChI is InChI=1S/C34H49FN4O5S2/c1-34(2,3)37-33(42)30-19-24-12-8-9-13-25(24)20-39(30)21-31(40)28(18-23-10-6-5-7-11-23)36-32(41)29(38-46(4,43)44)22-45-27-16-14-26(35)15-17-27/h5-7,10-11,14-17,24-25,28-31,38,40H,8-9,12-13,18-22H2,1-4H3,(H,36,41)(H,37,42). The molecule has 4 rings (SSSR count). The maximum atomic E-state index is 13.7. The van der Waals surface area contributed by atoms with Gasteiger partial charge in [0.25, 0.3) is 0 Å². The van der Waals surface area contributed by atoms with Crippen LogP contribution in [-0.2, 0) is 26.0 Å². The molecule has 2 aromatic carbocycles. The number of sulfonamides is 1. The predicted molar refractivity (Wildman–Crippen MR) is 180 cm³/mol. The maximum absolute atomic E-state index is 13.7. The Labute approximate surface area is 277 Å². The van der Waals surface area contributed by atoms with Gasteiger partial charge >= 0.3 is 0 Å². The van der Waals surface area contributed by atoms with E-state index < -0.39 is 51.5 Å². The summed E-state index contributed by atoms with van der Waals surface area (Å²) < 4.78 is 40.3. The van der Waals surface area contributed by atoms with Gasteiger partial charge in [-0.2, -0.15) is 0 Å². The predicted octanol–water partition coefficient (Wildman–Crippen LogP) is 3.72. The van der Waals surface area contributed by atoms with Gasteiger partial charge in [0, 0.05) is 29.3 Å². The average molecular weight is 677 g/mol. The molecule has 2 amide bonds. The van der Waals surface area contributed by atoms with Gasteiger partial charge in [0.1, 0.15) is 11.9 Å². The summed E-state index contributed by atoms with van der Waals surface area (Å²) in [4.78, 5) is 30.0. The summed E-state index contributed by atoms with van der Waals surface area (Å²) in [5, 5.41) is 17.9. The van der Waals surface area contributed by atoms with E-state index in [1.807, 2.05) is 51.1 Å². The van der Waals surface area contributed by atoms with Crippen LogP contribution in [0.5, 0.6) is 0 Å². The minimum Gasteiger partial charge on any atom is -0.390 e. The number of likely N-dealkylation sites (tertiary alicyclic amines) is 1. The van der Waals surface area contributed by atoms with E-state index >= 15 is 0 Å². The number of aliphatic hydroxyl groups excluding tert-OH is 1. The Hall–Kier alpha value is -2.51. The molecule has 1 saturated carbocycles. The molecule has 1 aliphatic carbocycles. The third-order valence-electron chi connectivity index (χ3n) is 8.72. The number of carbonyl (C=O) groups excluding carboxylic acids is 2. The second kappa shape index (κ2) is 16.1. The van der Waals surface area contributed by atoms with E-state index in [9.17, 15) is 27.5 Å². The van der Waals surface area contributed by atoms with Crippen LogP contribution in [0.1, 0.15) is 58.4 Å². The van der Waals surface area contributed by atoms with Crippen molar-refractivity contribution < 1.29 is 27.5 Å². The summed E-state index contributed by atoms with van der Waals surface area (Å²) in [6.45, 7) is 6.74. The van der Waals surface area contributed by atoms with E-state index in [1.165, 1.54) is 30.3 Å². The molecule has 46 heavy (non-hydrogen) atoms. The Balaban J connectivity index is 1.54. The van der Waals surface area contributed by atoms with E-state index in [0.29, 0.717) is 29.7 Å². The molecule has 1 aliphatic heterocycles. The number of amides is 2. The molecule has 2 fully saturated rings. The number of fused-ring (bicyclic) bond motifs is 1. The molecule has 1 heterocycles. The number of hydrogen-bond donors (Lipinski definition) is 4. The second-order valence-corrected chi connectivity index (χ2v) is 16.7. The lowest BCUT2D eigenvalue weighted by Gasteiger charge is -2.47. The summed E-state index contributed by atoms with van der Waals surface area (Å²) in [5.74, 6) is -0.0389. The van der Waals surface area contributed by atoms with Gasteiger partial charge in [-0.3, -0.25) is 14.5 Å². The monoisotopic (exact) mass is 676 g/mol. The van der Waals surface area contributed by atoms with Crippen molar-refractivity contribution in [2.24, 2.45) is 11.8 Å². The van der Waals surface area contributed by atoms with Gasteiger partial charge in [-0.25, -0.2) is 17.5 Å². The van der Waals surface area contributed by atoms with Gasteiger partial charge in [-0.1, -0.05) is 49.6 Å². The van der Waals surface area contributed by atoms with E-state index in [1.54, 1.807) is 12.1 Å². The zero-order chi connectivity index (χ0) is 33.5. The van der Waals surface area contributed by atoms with E-state index in [4.69, 9.17) is 0 Å². The lowest BCUT2D eigenvalue weighted by atomic mass is 9.72. The Kier molecular flexibility index (Phi) is 12.7. The van der Waals surface area contributed by atoms with Crippen molar-refractivity contribution in [2.75, 3.05) is 25.1 Å². The Bertz CT molecular complexity index is 1400. The molecule has 0 radical (unpaired) electrons. The molecule has 4 N–H and O–H groups in total. The van der Waals surface area contributed by atoms with E-state index in [0.717, 1.165) is 37.5 Å². The Morgan fingerprint density at radius 1 is 1.04 bits per heavy atom. The number of benzene rings is 2. The fourth-order valence-electron chi connectivity index (χ4n) is 6.56. The highest BCUT2D eigenvalue weighted by molar-refractivity contribution is 7.99. The van der Waals surface area contributed by atoms with Crippen LogP contribution in [0.25, 0.3) is 0 Å². The third kappa shape index (κ3) is 11.3. The number of piperidine rings is 1. The van der Waals surface area contributed by atoms with Gasteiger partial charge < -0.3 is 15.7 Å². The summed E-state index contributed by atoms with van der Waals surface area (Å²) in [6, 6.07) is 12.9. The Morgan fingerprint density at radius 2 is 1.70 bits per heavy atom. The number of rotatable bonds is 13. The molecule has 0 aromatic heterocycles. The topological polar surface area (TPSA) is 128 Å². The molecule has 254 valence electrons. The maximum Gasteiger partial charge on any atom is 0.239 e. The van der Waals surface area contributed by atoms with Crippen molar-refractivity contribution >= 4 is 33.6 Å². The van der Waals surface area contributed by atoms with Crippen LogP contribution >= 0.6 is 11.8 Å². The van der Waals surface area contributed by atoms with Crippen LogP contribution in [0.4, 0.5) is 4.39 Å². The van der Waals surface area contributed by atoms with Gasteiger partial charge in [0.15, 0.2) is 0 Å². The van der Waals surface area contributed by atoms with Crippen LogP contribution < -0.4 is 15.4 Å². The normalized spacial score (nSPS) is 22.7.